The molecule has 0 radical (unpaired) electrons. The van der Waals surface area contributed by atoms with Gasteiger partial charge in [-0.25, -0.2) is 9.79 Å². The Kier molecular flexibility index (Phi) is 6.28. The molecular weight excluding hydrogens is 320 g/mol. The topological polar surface area (TPSA) is 60.4 Å². The van der Waals surface area contributed by atoms with Crippen molar-refractivity contribution in [3.63, 3.8) is 0 Å². The molecule has 1 unspecified atom stereocenters. The zero-order chi connectivity index (χ0) is 17.5. The molecule has 6 heteroatoms. The lowest BCUT2D eigenvalue weighted by Crippen LogP contribution is -2.31. The largest absolute Gasteiger partial charge is 0.494 e. The Morgan fingerprint density at radius 2 is 2.00 bits per heavy atom. The van der Waals surface area contributed by atoms with Gasteiger partial charge in [-0.3, -0.25) is 0 Å². The second-order valence-corrected chi connectivity index (χ2v) is 6.41. The third kappa shape index (κ3) is 4.95. The van der Waals surface area contributed by atoms with E-state index in [0.29, 0.717) is 5.90 Å². The molecule has 0 aliphatic carbocycles. The molecule has 1 fully saturated rings. The predicted molar refractivity (Wildman–Crippen MR) is 95.1 cm³/mol. The molecule has 1 aromatic rings. The maximum absolute atomic E-state index is 11.5. The molecule has 0 bridgehead atoms. The average molecular weight is 346 g/mol. The van der Waals surface area contributed by atoms with Gasteiger partial charge in [-0.2, -0.15) is 0 Å². The zero-order valence-electron chi connectivity index (χ0n) is 14.8. The molecule has 1 saturated heterocycles. The van der Waals surface area contributed by atoms with Crippen molar-refractivity contribution in [2.75, 3.05) is 40.0 Å². The lowest BCUT2D eigenvalue weighted by atomic mass is 10.1. The molecule has 2 aliphatic rings. The SMILES string of the molecule is COC(=O)C1COC(c2ccc(OCCCN3CCCCC3)cc2)=N1. The van der Waals surface area contributed by atoms with E-state index in [1.807, 2.05) is 24.3 Å². The van der Waals surface area contributed by atoms with Crippen LogP contribution in [0.15, 0.2) is 29.3 Å². The molecule has 0 N–H and O–H groups in total. The predicted octanol–water partition coefficient (Wildman–Crippen LogP) is 2.26. The number of rotatable bonds is 7. The Balaban J connectivity index is 1.43. The van der Waals surface area contributed by atoms with Crippen molar-refractivity contribution in [2.24, 2.45) is 4.99 Å². The molecule has 3 rings (SSSR count). The van der Waals surface area contributed by atoms with Gasteiger partial charge in [0.05, 0.1) is 13.7 Å². The van der Waals surface area contributed by atoms with Gasteiger partial charge in [-0.05, 0) is 56.6 Å². The van der Waals surface area contributed by atoms with Crippen molar-refractivity contribution < 1.29 is 19.0 Å². The second kappa shape index (κ2) is 8.85. The standard InChI is InChI=1S/C19H26N2O4/c1-23-19(22)17-14-25-18(20-17)15-6-8-16(9-7-15)24-13-5-12-21-10-3-2-4-11-21/h6-9,17H,2-5,10-14H2,1H3. The molecular formula is C19H26N2O4. The van der Waals surface area contributed by atoms with Gasteiger partial charge in [0.1, 0.15) is 12.4 Å². The van der Waals surface area contributed by atoms with Crippen LogP contribution in [0.5, 0.6) is 5.75 Å². The van der Waals surface area contributed by atoms with Crippen LogP contribution in [0, 0.1) is 0 Å². The van der Waals surface area contributed by atoms with Crippen LogP contribution in [0.4, 0.5) is 0 Å². The Labute approximate surface area is 148 Å². The number of benzene rings is 1. The molecule has 0 amide bonds. The first-order valence-corrected chi connectivity index (χ1v) is 9.00. The summed E-state index contributed by atoms with van der Waals surface area (Å²) in [7, 11) is 1.35. The minimum Gasteiger partial charge on any atom is -0.494 e. The number of nitrogens with zero attached hydrogens (tertiary/aromatic N) is 2. The summed E-state index contributed by atoms with van der Waals surface area (Å²) < 4.78 is 16.0. The Bertz CT molecular complexity index is 594. The molecule has 0 saturated carbocycles. The number of esters is 1. The van der Waals surface area contributed by atoms with E-state index in [2.05, 4.69) is 14.6 Å². The van der Waals surface area contributed by atoms with E-state index >= 15 is 0 Å². The van der Waals surface area contributed by atoms with Crippen molar-refractivity contribution in [3.05, 3.63) is 29.8 Å². The number of carbonyl (C=O) groups is 1. The number of hydrogen-bond acceptors (Lipinski definition) is 6. The minimum atomic E-state index is -0.564. The molecule has 0 spiro atoms. The number of hydrogen-bond donors (Lipinski definition) is 0. The lowest BCUT2D eigenvalue weighted by molar-refractivity contribution is -0.142. The van der Waals surface area contributed by atoms with E-state index in [0.717, 1.165) is 30.9 Å². The Hall–Kier alpha value is -2.08. The fourth-order valence-corrected chi connectivity index (χ4v) is 3.14. The van der Waals surface area contributed by atoms with Gasteiger partial charge >= 0.3 is 5.97 Å². The number of piperidine rings is 1. The van der Waals surface area contributed by atoms with Crippen LogP contribution in [0.25, 0.3) is 0 Å². The third-order valence-electron chi connectivity index (χ3n) is 4.56. The number of ether oxygens (including phenoxy) is 3. The van der Waals surface area contributed by atoms with Gasteiger partial charge in [-0.1, -0.05) is 6.42 Å². The summed E-state index contributed by atoms with van der Waals surface area (Å²) in [6, 6.07) is 7.06. The second-order valence-electron chi connectivity index (χ2n) is 6.41. The van der Waals surface area contributed by atoms with Crippen molar-refractivity contribution in [2.45, 2.75) is 31.7 Å². The Morgan fingerprint density at radius 3 is 2.72 bits per heavy atom. The van der Waals surface area contributed by atoms with E-state index in [1.54, 1.807) is 0 Å². The maximum Gasteiger partial charge on any atom is 0.334 e. The number of carbonyl (C=O) groups excluding carboxylic acids is 1. The summed E-state index contributed by atoms with van der Waals surface area (Å²) in [5.74, 6) is 0.946. The van der Waals surface area contributed by atoms with Crippen LogP contribution < -0.4 is 4.74 Å². The number of aliphatic imine (C=N–C) groups is 1. The van der Waals surface area contributed by atoms with Crippen molar-refractivity contribution in [3.8, 4) is 5.75 Å². The van der Waals surface area contributed by atoms with Crippen molar-refractivity contribution in [1.29, 1.82) is 0 Å². The first-order chi connectivity index (χ1) is 12.3. The fourth-order valence-electron chi connectivity index (χ4n) is 3.14. The normalized spacial score (nSPS) is 20.7. The number of likely N-dealkylation sites (tertiary alicyclic amines) is 1. The fraction of sp³-hybridized carbons (Fsp3) is 0.579. The van der Waals surface area contributed by atoms with Crippen LogP contribution in [-0.2, 0) is 14.3 Å². The molecule has 0 aromatic heterocycles. The van der Waals surface area contributed by atoms with Crippen LogP contribution in [0.1, 0.15) is 31.2 Å². The maximum atomic E-state index is 11.5. The minimum absolute atomic E-state index is 0.233. The third-order valence-corrected chi connectivity index (χ3v) is 4.56. The quantitative estimate of drug-likeness (QED) is 0.560. The molecule has 25 heavy (non-hydrogen) atoms. The lowest BCUT2D eigenvalue weighted by Gasteiger charge is -2.26. The average Bonchev–Trinajstić information content (AvgIpc) is 3.16. The zero-order valence-corrected chi connectivity index (χ0v) is 14.8. The summed E-state index contributed by atoms with van der Waals surface area (Å²) in [5.41, 5.74) is 0.840. The first kappa shape index (κ1) is 17.7. The van der Waals surface area contributed by atoms with Crippen LogP contribution in [0.3, 0.4) is 0 Å². The van der Waals surface area contributed by atoms with Gasteiger partial charge in [-0.15, -0.1) is 0 Å². The van der Waals surface area contributed by atoms with E-state index in [1.165, 1.54) is 39.5 Å². The van der Waals surface area contributed by atoms with E-state index in [4.69, 9.17) is 9.47 Å². The highest BCUT2D eigenvalue weighted by molar-refractivity contribution is 5.97. The van der Waals surface area contributed by atoms with Gasteiger partial charge < -0.3 is 19.1 Å². The molecule has 136 valence electrons. The van der Waals surface area contributed by atoms with Crippen LogP contribution >= 0.6 is 0 Å². The van der Waals surface area contributed by atoms with Crippen molar-refractivity contribution >= 4 is 11.9 Å². The van der Waals surface area contributed by atoms with E-state index in [9.17, 15) is 4.79 Å². The monoisotopic (exact) mass is 346 g/mol. The van der Waals surface area contributed by atoms with E-state index < -0.39 is 6.04 Å². The van der Waals surface area contributed by atoms with E-state index in [-0.39, 0.29) is 12.6 Å². The summed E-state index contributed by atoms with van der Waals surface area (Å²) in [6.07, 6.45) is 5.06. The molecule has 2 aliphatic heterocycles. The van der Waals surface area contributed by atoms with Crippen LogP contribution in [-0.4, -0.2) is 62.8 Å². The number of methoxy groups -OCH3 is 1. The molecule has 6 nitrogen and oxygen atoms in total. The highest BCUT2D eigenvalue weighted by atomic mass is 16.5. The Morgan fingerprint density at radius 1 is 1.24 bits per heavy atom. The molecule has 1 aromatic carbocycles. The molecule has 2 heterocycles. The molecule has 1 atom stereocenters. The van der Waals surface area contributed by atoms with Gasteiger partial charge in [0.15, 0.2) is 6.04 Å². The summed E-state index contributed by atoms with van der Waals surface area (Å²) in [5, 5.41) is 0. The first-order valence-electron chi connectivity index (χ1n) is 9.00. The van der Waals surface area contributed by atoms with Crippen LogP contribution in [0.2, 0.25) is 0 Å². The summed E-state index contributed by atoms with van der Waals surface area (Å²) in [4.78, 5) is 18.2. The summed E-state index contributed by atoms with van der Waals surface area (Å²) in [6.45, 7) is 4.51. The highest BCUT2D eigenvalue weighted by Crippen LogP contribution is 2.17. The highest BCUT2D eigenvalue weighted by Gasteiger charge is 2.27. The van der Waals surface area contributed by atoms with Gasteiger partial charge in [0.25, 0.3) is 0 Å². The van der Waals surface area contributed by atoms with Gasteiger partial charge in [0.2, 0.25) is 5.90 Å². The van der Waals surface area contributed by atoms with Crippen molar-refractivity contribution in [1.82, 2.24) is 4.90 Å². The van der Waals surface area contributed by atoms with Gasteiger partial charge in [0, 0.05) is 12.1 Å². The smallest absolute Gasteiger partial charge is 0.334 e. The summed E-state index contributed by atoms with van der Waals surface area (Å²) >= 11 is 0.